The van der Waals surface area contributed by atoms with Gasteiger partial charge in [-0.05, 0) is 62.2 Å². The quantitative estimate of drug-likeness (QED) is 0.885. The molecule has 0 aliphatic carbocycles. The Morgan fingerprint density at radius 3 is 2.62 bits per heavy atom. The lowest BCUT2D eigenvalue weighted by Crippen LogP contribution is -2.30. The van der Waals surface area contributed by atoms with E-state index in [4.69, 9.17) is 4.74 Å². The predicted molar refractivity (Wildman–Crippen MR) is 88.8 cm³/mol. The molecule has 0 bridgehead atoms. The maximum atomic E-state index is 12.2. The molecule has 2 rings (SSSR count). The van der Waals surface area contributed by atoms with Gasteiger partial charge in [-0.25, -0.2) is 0 Å². The summed E-state index contributed by atoms with van der Waals surface area (Å²) in [5.74, 6) is 0.530. The summed E-state index contributed by atoms with van der Waals surface area (Å²) in [5, 5.41) is 2.86. The van der Waals surface area contributed by atoms with Crippen molar-refractivity contribution >= 4 is 27.5 Å². The molecular formula is C17H18BrNO2. The highest BCUT2D eigenvalue weighted by Crippen LogP contribution is 2.20. The van der Waals surface area contributed by atoms with E-state index in [2.05, 4.69) is 21.2 Å². The lowest BCUT2D eigenvalue weighted by atomic mass is 10.2. The first kappa shape index (κ1) is 15.6. The van der Waals surface area contributed by atoms with Crippen LogP contribution in [0.2, 0.25) is 0 Å². The van der Waals surface area contributed by atoms with Gasteiger partial charge in [0.05, 0.1) is 0 Å². The number of benzene rings is 2. The van der Waals surface area contributed by atoms with Crippen LogP contribution >= 0.6 is 15.9 Å². The normalized spacial score (nSPS) is 11.8. The van der Waals surface area contributed by atoms with Gasteiger partial charge in [-0.2, -0.15) is 0 Å². The van der Waals surface area contributed by atoms with E-state index in [9.17, 15) is 4.79 Å². The van der Waals surface area contributed by atoms with E-state index >= 15 is 0 Å². The molecule has 0 aliphatic rings. The summed E-state index contributed by atoms with van der Waals surface area (Å²) in [5.41, 5.74) is 2.93. The van der Waals surface area contributed by atoms with Gasteiger partial charge in [-0.15, -0.1) is 0 Å². The van der Waals surface area contributed by atoms with Crippen LogP contribution in [0.1, 0.15) is 18.1 Å². The first-order chi connectivity index (χ1) is 9.95. The number of hydrogen-bond acceptors (Lipinski definition) is 2. The summed E-state index contributed by atoms with van der Waals surface area (Å²) in [7, 11) is 0. The number of amides is 1. The standard InChI is InChI=1S/C17H18BrNO2/c1-11-5-4-6-15(9-11)21-13(3)17(20)19-14-7-8-16(18)12(2)10-14/h4-10,13H,1-3H3,(H,19,20)/t13-/m1/s1. The van der Waals surface area contributed by atoms with Crippen molar-refractivity contribution in [3.8, 4) is 5.75 Å². The van der Waals surface area contributed by atoms with Crippen LogP contribution in [0.15, 0.2) is 46.9 Å². The number of carbonyl (C=O) groups is 1. The summed E-state index contributed by atoms with van der Waals surface area (Å²) < 4.78 is 6.68. The molecule has 1 amide bonds. The Bertz CT molecular complexity index is 655. The summed E-state index contributed by atoms with van der Waals surface area (Å²) in [6.45, 7) is 5.71. The van der Waals surface area contributed by atoms with Crippen molar-refractivity contribution in [2.45, 2.75) is 26.9 Å². The molecule has 0 radical (unpaired) electrons. The van der Waals surface area contributed by atoms with E-state index in [-0.39, 0.29) is 5.91 Å². The highest BCUT2D eigenvalue weighted by molar-refractivity contribution is 9.10. The smallest absolute Gasteiger partial charge is 0.265 e. The summed E-state index contributed by atoms with van der Waals surface area (Å²) in [6, 6.07) is 13.3. The SMILES string of the molecule is Cc1cccc(O[C@H](C)C(=O)Nc2ccc(Br)c(C)c2)c1. The van der Waals surface area contributed by atoms with Crippen LogP contribution in [0.25, 0.3) is 0 Å². The monoisotopic (exact) mass is 347 g/mol. The van der Waals surface area contributed by atoms with Crippen molar-refractivity contribution in [1.82, 2.24) is 0 Å². The number of rotatable bonds is 4. The van der Waals surface area contributed by atoms with Gasteiger partial charge in [0.1, 0.15) is 5.75 Å². The molecule has 21 heavy (non-hydrogen) atoms. The van der Waals surface area contributed by atoms with Crippen molar-refractivity contribution in [2.24, 2.45) is 0 Å². The second kappa shape index (κ2) is 6.76. The van der Waals surface area contributed by atoms with Gasteiger partial charge in [0, 0.05) is 10.2 Å². The Kier molecular flexibility index (Phi) is 5.02. The third-order valence-electron chi connectivity index (χ3n) is 3.10. The lowest BCUT2D eigenvalue weighted by Gasteiger charge is -2.15. The zero-order valence-corrected chi connectivity index (χ0v) is 13.9. The molecule has 0 aliphatic heterocycles. The molecule has 0 heterocycles. The van der Waals surface area contributed by atoms with Crippen LogP contribution in [0, 0.1) is 13.8 Å². The fraction of sp³-hybridized carbons (Fsp3) is 0.235. The van der Waals surface area contributed by atoms with Crippen LogP contribution in [-0.4, -0.2) is 12.0 Å². The highest BCUT2D eigenvalue weighted by Gasteiger charge is 2.15. The maximum Gasteiger partial charge on any atom is 0.265 e. The molecule has 4 heteroatoms. The first-order valence-electron chi connectivity index (χ1n) is 6.76. The number of aryl methyl sites for hydroxylation is 2. The average molecular weight is 348 g/mol. The summed E-state index contributed by atoms with van der Waals surface area (Å²) >= 11 is 3.44. The molecular weight excluding hydrogens is 330 g/mol. The molecule has 1 atom stereocenters. The van der Waals surface area contributed by atoms with Crippen molar-refractivity contribution in [3.63, 3.8) is 0 Å². The molecule has 0 saturated heterocycles. The minimum atomic E-state index is -0.559. The van der Waals surface area contributed by atoms with E-state index in [1.54, 1.807) is 6.92 Å². The highest BCUT2D eigenvalue weighted by atomic mass is 79.9. The maximum absolute atomic E-state index is 12.2. The molecule has 2 aromatic rings. The number of hydrogen-bond donors (Lipinski definition) is 1. The minimum Gasteiger partial charge on any atom is -0.481 e. The van der Waals surface area contributed by atoms with Crippen LogP contribution < -0.4 is 10.1 Å². The van der Waals surface area contributed by atoms with Gasteiger partial charge in [0.2, 0.25) is 0 Å². The largest absolute Gasteiger partial charge is 0.481 e. The van der Waals surface area contributed by atoms with E-state index in [0.29, 0.717) is 5.75 Å². The number of carbonyl (C=O) groups excluding carboxylic acids is 1. The minimum absolute atomic E-state index is 0.168. The lowest BCUT2D eigenvalue weighted by molar-refractivity contribution is -0.122. The molecule has 0 spiro atoms. The van der Waals surface area contributed by atoms with Crippen LogP contribution in [-0.2, 0) is 4.79 Å². The molecule has 3 nitrogen and oxygen atoms in total. The summed E-state index contributed by atoms with van der Waals surface area (Å²) in [4.78, 5) is 12.2. The van der Waals surface area contributed by atoms with Crippen molar-refractivity contribution in [3.05, 3.63) is 58.1 Å². The van der Waals surface area contributed by atoms with Gasteiger partial charge in [0.25, 0.3) is 5.91 Å². The van der Waals surface area contributed by atoms with E-state index in [1.807, 2.05) is 56.3 Å². The number of nitrogens with one attached hydrogen (secondary N) is 1. The molecule has 0 fully saturated rings. The number of anilines is 1. The van der Waals surface area contributed by atoms with Gasteiger partial charge >= 0.3 is 0 Å². The van der Waals surface area contributed by atoms with Gasteiger partial charge in [0.15, 0.2) is 6.10 Å². The third-order valence-corrected chi connectivity index (χ3v) is 3.99. The fourth-order valence-corrected chi connectivity index (χ4v) is 2.16. The Morgan fingerprint density at radius 1 is 1.19 bits per heavy atom. The average Bonchev–Trinajstić information content (AvgIpc) is 2.43. The fourth-order valence-electron chi connectivity index (χ4n) is 1.91. The van der Waals surface area contributed by atoms with Crippen LogP contribution in [0.4, 0.5) is 5.69 Å². The zero-order valence-electron chi connectivity index (χ0n) is 12.3. The predicted octanol–water partition coefficient (Wildman–Crippen LogP) is 4.47. The molecule has 0 saturated carbocycles. The Labute approximate surface area is 133 Å². The number of ether oxygens (including phenoxy) is 1. The van der Waals surface area contributed by atoms with Gasteiger partial charge in [-0.3, -0.25) is 4.79 Å². The second-order valence-corrected chi connectivity index (χ2v) is 5.88. The topological polar surface area (TPSA) is 38.3 Å². The van der Waals surface area contributed by atoms with Crippen LogP contribution in [0.3, 0.4) is 0 Å². The van der Waals surface area contributed by atoms with Crippen molar-refractivity contribution in [1.29, 1.82) is 0 Å². The zero-order chi connectivity index (χ0) is 15.4. The first-order valence-corrected chi connectivity index (χ1v) is 7.55. The van der Waals surface area contributed by atoms with E-state index < -0.39 is 6.10 Å². The van der Waals surface area contributed by atoms with Crippen molar-refractivity contribution in [2.75, 3.05) is 5.32 Å². The molecule has 2 aromatic carbocycles. The van der Waals surface area contributed by atoms with E-state index in [0.717, 1.165) is 21.3 Å². The van der Waals surface area contributed by atoms with Crippen LogP contribution in [0.5, 0.6) is 5.75 Å². The van der Waals surface area contributed by atoms with Crippen molar-refractivity contribution < 1.29 is 9.53 Å². The Morgan fingerprint density at radius 2 is 1.95 bits per heavy atom. The second-order valence-electron chi connectivity index (χ2n) is 5.03. The molecule has 0 aromatic heterocycles. The Hall–Kier alpha value is -1.81. The third kappa shape index (κ3) is 4.33. The molecule has 0 unspecified atom stereocenters. The number of halogens is 1. The van der Waals surface area contributed by atoms with Gasteiger partial charge < -0.3 is 10.1 Å². The van der Waals surface area contributed by atoms with Gasteiger partial charge in [-0.1, -0.05) is 28.1 Å². The molecule has 1 N–H and O–H groups in total. The summed E-state index contributed by atoms with van der Waals surface area (Å²) in [6.07, 6.45) is -0.559. The molecule has 110 valence electrons. The van der Waals surface area contributed by atoms with E-state index in [1.165, 1.54) is 0 Å². The Balaban J connectivity index is 2.00.